The summed E-state index contributed by atoms with van der Waals surface area (Å²) >= 11 is 0. The van der Waals surface area contributed by atoms with Crippen LogP contribution in [0.2, 0.25) is 0 Å². The minimum atomic E-state index is -4.58. The Balaban J connectivity index is 2.40. The number of rotatable bonds is 4. The summed E-state index contributed by atoms with van der Waals surface area (Å²) in [5.74, 6) is -0.183. The van der Waals surface area contributed by atoms with Gasteiger partial charge < -0.3 is 10.1 Å². The molecule has 0 aromatic heterocycles. The monoisotopic (exact) mass is 356 g/mol. The quantitative estimate of drug-likeness (QED) is 0.834. The van der Waals surface area contributed by atoms with Crippen molar-refractivity contribution in [3.8, 4) is 5.75 Å². The lowest BCUT2D eigenvalue weighted by molar-refractivity contribution is -0.149. The third-order valence-corrected chi connectivity index (χ3v) is 3.94. The van der Waals surface area contributed by atoms with Crippen LogP contribution in [0, 0.1) is 0 Å². The standard InChI is InChI=1S/C15H18F6N2O/c1-24-13-8-10(15(19,20)21)2-3-11(13)12(9-14(16,17)18)23-6-4-22-5-7-23/h2-3,8,12,22H,4-7,9H2,1H3/t12-/m1/s1. The predicted molar refractivity (Wildman–Crippen MR) is 75.9 cm³/mol. The average Bonchev–Trinajstić information content (AvgIpc) is 2.51. The molecule has 9 heteroatoms. The zero-order valence-corrected chi connectivity index (χ0v) is 13.0. The van der Waals surface area contributed by atoms with Crippen LogP contribution in [-0.2, 0) is 6.18 Å². The van der Waals surface area contributed by atoms with Gasteiger partial charge in [-0.25, -0.2) is 0 Å². The highest BCUT2D eigenvalue weighted by Crippen LogP contribution is 2.40. The smallest absolute Gasteiger partial charge is 0.416 e. The molecule has 24 heavy (non-hydrogen) atoms. The normalized spacial score (nSPS) is 18.5. The van der Waals surface area contributed by atoms with Crippen LogP contribution in [-0.4, -0.2) is 44.4 Å². The number of alkyl halides is 6. The first-order valence-electron chi connectivity index (χ1n) is 7.38. The van der Waals surface area contributed by atoms with Crippen LogP contribution in [0.1, 0.15) is 23.6 Å². The largest absolute Gasteiger partial charge is 0.496 e. The highest BCUT2D eigenvalue weighted by atomic mass is 19.4. The van der Waals surface area contributed by atoms with Gasteiger partial charge >= 0.3 is 12.4 Å². The summed E-state index contributed by atoms with van der Waals surface area (Å²) in [7, 11) is 1.15. The van der Waals surface area contributed by atoms with E-state index in [4.69, 9.17) is 4.74 Å². The predicted octanol–water partition coefficient (Wildman–Crippen LogP) is 3.61. The van der Waals surface area contributed by atoms with Gasteiger partial charge in [0.2, 0.25) is 0 Å². The molecule has 1 aliphatic heterocycles. The number of halogens is 6. The van der Waals surface area contributed by atoms with Crippen molar-refractivity contribution < 1.29 is 31.1 Å². The van der Waals surface area contributed by atoms with E-state index in [-0.39, 0.29) is 11.3 Å². The van der Waals surface area contributed by atoms with Gasteiger partial charge in [0.15, 0.2) is 0 Å². The van der Waals surface area contributed by atoms with Gasteiger partial charge in [-0.1, -0.05) is 6.07 Å². The minimum absolute atomic E-state index is 0.115. The van der Waals surface area contributed by atoms with Crippen LogP contribution >= 0.6 is 0 Å². The van der Waals surface area contributed by atoms with E-state index in [1.807, 2.05) is 0 Å². The maximum atomic E-state index is 13.0. The first-order chi connectivity index (χ1) is 11.1. The fourth-order valence-corrected chi connectivity index (χ4v) is 2.81. The zero-order valence-electron chi connectivity index (χ0n) is 13.0. The van der Waals surface area contributed by atoms with E-state index in [1.54, 1.807) is 4.90 Å². The number of piperazine rings is 1. The fraction of sp³-hybridized carbons (Fsp3) is 0.600. The van der Waals surface area contributed by atoms with Gasteiger partial charge in [0, 0.05) is 37.8 Å². The van der Waals surface area contributed by atoms with Crippen molar-refractivity contribution in [3.05, 3.63) is 29.3 Å². The van der Waals surface area contributed by atoms with E-state index in [9.17, 15) is 26.3 Å². The average molecular weight is 356 g/mol. The molecule has 1 atom stereocenters. The Morgan fingerprint density at radius 1 is 1.12 bits per heavy atom. The third-order valence-electron chi connectivity index (χ3n) is 3.94. The molecule has 1 aliphatic rings. The molecule has 1 aromatic rings. The Kier molecular flexibility index (Phi) is 5.64. The Labute approximate surface area is 135 Å². The number of ether oxygens (including phenoxy) is 1. The number of hydrogen-bond acceptors (Lipinski definition) is 3. The fourth-order valence-electron chi connectivity index (χ4n) is 2.81. The van der Waals surface area contributed by atoms with Gasteiger partial charge in [0.25, 0.3) is 0 Å². The summed E-state index contributed by atoms with van der Waals surface area (Å²) in [5.41, 5.74) is -0.834. The van der Waals surface area contributed by atoms with Gasteiger partial charge in [-0.15, -0.1) is 0 Å². The molecule has 0 radical (unpaired) electrons. The Bertz CT molecular complexity index is 552. The first-order valence-corrected chi connectivity index (χ1v) is 7.38. The molecule has 136 valence electrons. The van der Waals surface area contributed by atoms with E-state index in [0.717, 1.165) is 25.3 Å². The SMILES string of the molecule is COc1cc(C(F)(F)F)ccc1[C@@H](CC(F)(F)F)N1CCNCC1. The highest BCUT2D eigenvalue weighted by molar-refractivity contribution is 5.41. The Hall–Kier alpha value is -1.48. The Morgan fingerprint density at radius 3 is 2.25 bits per heavy atom. The van der Waals surface area contributed by atoms with Gasteiger partial charge in [-0.3, -0.25) is 4.90 Å². The molecule has 1 N–H and O–H groups in total. The minimum Gasteiger partial charge on any atom is -0.496 e. The zero-order chi connectivity index (χ0) is 18.0. The highest BCUT2D eigenvalue weighted by Gasteiger charge is 2.38. The van der Waals surface area contributed by atoms with Crippen LogP contribution in [0.3, 0.4) is 0 Å². The lowest BCUT2D eigenvalue weighted by Gasteiger charge is -2.36. The van der Waals surface area contributed by atoms with Crippen molar-refractivity contribution in [2.45, 2.75) is 24.8 Å². The van der Waals surface area contributed by atoms with Crippen LogP contribution in [0.4, 0.5) is 26.3 Å². The van der Waals surface area contributed by atoms with Crippen molar-refractivity contribution in [2.24, 2.45) is 0 Å². The Morgan fingerprint density at radius 2 is 1.75 bits per heavy atom. The summed E-state index contributed by atoms with van der Waals surface area (Å²) in [5, 5.41) is 3.04. The topological polar surface area (TPSA) is 24.5 Å². The number of nitrogens with one attached hydrogen (secondary N) is 1. The lowest BCUT2D eigenvalue weighted by Crippen LogP contribution is -2.46. The van der Waals surface area contributed by atoms with Crippen molar-refractivity contribution in [1.29, 1.82) is 0 Å². The van der Waals surface area contributed by atoms with Crippen molar-refractivity contribution in [2.75, 3.05) is 33.3 Å². The van der Waals surface area contributed by atoms with E-state index in [2.05, 4.69) is 5.32 Å². The summed E-state index contributed by atoms with van der Waals surface area (Å²) in [6.07, 6.45) is -10.2. The first kappa shape index (κ1) is 18.9. The van der Waals surface area contributed by atoms with Gasteiger partial charge in [0.05, 0.1) is 19.1 Å². The lowest BCUT2D eigenvalue weighted by atomic mass is 9.98. The second-order valence-electron chi connectivity index (χ2n) is 5.58. The van der Waals surface area contributed by atoms with Crippen LogP contribution in [0.25, 0.3) is 0 Å². The molecule has 1 fully saturated rings. The third kappa shape index (κ3) is 4.76. The van der Waals surface area contributed by atoms with E-state index < -0.39 is 30.4 Å². The molecule has 0 saturated carbocycles. The van der Waals surface area contributed by atoms with Gasteiger partial charge in [0.1, 0.15) is 5.75 Å². The molecule has 0 bridgehead atoms. The summed E-state index contributed by atoms with van der Waals surface area (Å²) in [6.45, 7) is 1.81. The molecule has 0 unspecified atom stereocenters. The van der Waals surface area contributed by atoms with E-state index >= 15 is 0 Å². The van der Waals surface area contributed by atoms with E-state index in [0.29, 0.717) is 26.2 Å². The number of methoxy groups -OCH3 is 1. The van der Waals surface area contributed by atoms with Gasteiger partial charge in [-0.05, 0) is 12.1 Å². The molecule has 0 amide bonds. The molecule has 0 spiro atoms. The maximum absolute atomic E-state index is 13.0. The molecule has 1 saturated heterocycles. The second kappa shape index (κ2) is 7.18. The van der Waals surface area contributed by atoms with Crippen LogP contribution in [0.15, 0.2) is 18.2 Å². The molecule has 2 rings (SSSR count). The number of hydrogen-bond donors (Lipinski definition) is 1. The van der Waals surface area contributed by atoms with E-state index in [1.165, 1.54) is 0 Å². The number of benzene rings is 1. The van der Waals surface area contributed by atoms with Crippen molar-refractivity contribution in [3.63, 3.8) is 0 Å². The van der Waals surface area contributed by atoms with Crippen LogP contribution in [0.5, 0.6) is 5.75 Å². The molecular weight excluding hydrogens is 338 g/mol. The van der Waals surface area contributed by atoms with Crippen molar-refractivity contribution in [1.82, 2.24) is 10.2 Å². The molecule has 0 aliphatic carbocycles. The molecule has 3 nitrogen and oxygen atoms in total. The summed E-state index contributed by atoms with van der Waals surface area (Å²) in [4.78, 5) is 1.62. The molecule has 1 aromatic carbocycles. The number of nitrogens with zero attached hydrogens (tertiary/aromatic N) is 1. The van der Waals surface area contributed by atoms with Crippen LogP contribution < -0.4 is 10.1 Å². The molecule has 1 heterocycles. The maximum Gasteiger partial charge on any atom is 0.416 e. The summed E-state index contributed by atoms with van der Waals surface area (Å²) < 4.78 is 82.3. The van der Waals surface area contributed by atoms with Gasteiger partial charge in [-0.2, -0.15) is 26.3 Å². The van der Waals surface area contributed by atoms with Crippen molar-refractivity contribution >= 4 is 0 Å². The molecular formula is C15H18F6N2O. The second-order valence-corrected chi connectivity index (χ2v) is 5.58. The summed E-state index contributed by atoms with van der Waals surface area (Å²) in [6, 6.07) is 1.55.